The zero-order chi connectivity index (χ0) is 11.6. The number of nitrogens with one attached hydrogen (secondary N) is 1. The molecule has 1 unspecified atom stereocenters. The molecule has 0 aromatic heterocycles. The molecule has 4 nitrogen and oxygen atoms in total. The lowest BCUT2D eigenvalue weighted by molar-refractivity contribution is 0.322. The van der Waals surface area contributed by atoms with Crippen LogP contribution >= 0.6 is 11.6 Å². The summed E-state index contributed by atoms with van der Waals surface area (Å²) < 4.78 is 26.1. The van der Waals surface area contributed by atoms with E-state index in [4.69, 9.17) is 11.6 Å². The molecule has 0 radical (unpaired) electrons. The van der Waals surface area contributed by atoms with Gasteiger partial charge >= 0.3 is 0 Å². The lowest BCUT2D eigenvalue weighted by Gasteiger charge is -2.15. The van der Waals surface area contributed by atoms with Crippen molar-refractivity contribution in [2.75, 3.05) is 24.7 Å². The second-order valence-corrected chi connectivity index (χ2v) is 6.94. The van der Waals surface area contributed by atoms with Crippen LogP contribution in [0.5, 0.6) is 0 Å². The van der Waals surface area contributed by atoms with E-state index in [-0.39, 0.29) is 11.8 Å². The van der Waals surface area contributed by atoms with Crippen LogP contribution in [0.15, 0.2) is 0 Å². The van der Waals surface area contributed by atoms with Gasteiger partial charge in [0.1, 0.15) is 0 Å². The third-order valence-electron chi connectivity index (χ3n) is 3.18. The van der Waals surface area contributed by atoms with Gasteiger partial charge in [-0.2, -0.15) is 0 Å². The van der Waals surface area contributed by atoms with Crippen molar-refractivity contribution < 1.29 is 8.42 Å². The van der Waals surface area contributed by atoms with Crippen LogP contribution in [-0.2, 0) is 10.0 Å². The molecule has 0 amide bonds. The molecule has 0 bridgehead atoms. The molecule has 16 heavy (non-hydrogen) atoms. The predicted octanol–water partition coefficient (Wildman–Crippen LogP) is 0.771. The maximum Gasteiger partial charge on any atom is 0.211 e. The number of likely N-dealkylation sites (tertiary alicyclic amines) is 1. The highest BCUT2D eigenvalue weighted by molar-refractivity contribution is 7.89. The van der Waals surface area contributed by atoms with E-state index in [0.717, 1.165) is 25.6 Å². The van der Waals surface area contributed by atoms with Gasteiger partial charge in [0.05, 0.1) is 5.75 Å². The molecule has 1 atom stereocenters. The van der Waals surface area contributed by atoms with Crippen LogP contribution in [-0.4, -0.2) is 50.1 Å². The average Bonchev–Trinajstić information content (AvgIpc) is 2.98. The first-order chi connectivity index (χ1) is 7.61. The van der Waals surface area contributed by atoms with E-state index in [1.54, 1.807) is 0 Å². The molecule has 0 aromatic carbocycles. The van der Waals surface area contributed by atoms with E-state index in [1.807, 2.05) is 0 Å². The fraction of sp³-hybridized carbons (Fsp3) is 1.00. The Morgan fingerprint density at radius 2 is 2.06 bits per heavy atom. The molecule has 94 valence electrons. The molecule has 1 aliphatic carbocycles. The van der Waals surface area contributed by atoms with Gasteiger partial charge in [0.25, 0.3) is 0 Å². The Morgan fingerprint density at radius 3 is 2.69 bits per heavy atom. The molecule has 1 saturated carbocycles. The zero-order valence-electron chi connectivity index (χ0n) is 9.36. The first kappa shape index (κ1) is 12.6. The highest BCUT2D eigenvalue weighted by atomic mass is 35.5. The van der Waals surface area contributed by atoms with E-state index in [9.17, 15) is 8.42 Å². The Hall–Kier alpha value is 0.160. The Labute approximate surface area is 102 Å². The van der Waals surface area contributed by atoms with Gasteiger partial charge in [0.15, 0.2) is 0 Å². The largest absolute Gasteiger partial charge is 0.299 e. The summed E-state index contributed by atoms with van der Waals surface area (Å²) in [4.78, 5) is 2.40. The minimum Gasteiger partial charge on any atom is -0.299 e. The molecule has 2 fully saturated rings. The first-order valence-electron chi connectivity index (χ1n) is 5.91. The molecule has 2 aliphatic rings. The maximum absolute atomic E-state index is 11.6. The van der Waals surface area contributed by atoms with Gasteiger partial charge in [-0.05, 0) is 25.7 Å². The highest BCUT2D eigenvalue weighted by Crippen LogP contribution is 2.29. The van der Waals surface area contributed by atoms with Gasteiger partial charge in [-0.25, -0.2) is 13.1 Å². The predicted molar refractivity (Wildman–Crippen MR) is 65.3 cm³/mol. The standard InChI is InChI=1S/C10H19ClN2O2S/c11-5-1-7-16(14,15)12-9-4-6-13(8-9)10-2-3-10/h9-10,12H,1-8H2. The summed E-state index contributed by atoms with van der Waals surface area (Å²) in [5, 5.41) is 0. The summed E-state index contributed by atoms with van der Waals surface area (Å²) in [6, 6.07) is 0.846. The molecule has 1 heterocycles. The van der Waals surface area contributed by atoms with Crippen molar-refractivity contribution >= 4 is 21.6 Å². The number of alkyl halides is 1. The van der Waals surface area contributed by atoms with Gasteiger partial charge in [-0.1, -0.05) is 0 Å². The number of nitrogens with zero attached hydrogens (tertiary/aromatic N) is 1. The van der Waals surface area contributed by atoms with E-state index in [0.29, 0.717) is 12.3 Å². The summed E-state index contributed by atoms with van der Waals surface area (Å²) in [7, 11) is -3.12. The molecular formula is C10H19ClN2O2S. The van der Waals surface area contributed by atoms with Crippen molar-refractivity contribution in [3.63, 3.8) is 0 Å². The summed E-state index contributed by atoms with van der Waals surface area (Å²) in [5.74, 6) is 0.552. The topological polar surface area (TPSA) is 49.4 Å². The van der Waals surface area contributed by atoms with Gasteiger partial charge in [0.2, 0.25) is 10.0 Å². The normalized spacial score (nSPS) is 27.4. The Bertz CT molecular complexity index is 330. The van der Waals surface area contributed by atoms with Gasteiger partial charge in [-0.3, -0.25) is 4.90 Å². The van der Waals surface area contributed by atoms with Crippen LogP contribution in [0.2, 0.25) is 0 Å². The Kier molecular flexibility index (Phi) is 4.11. The second-order valence-electron chi connectivity index (χ2n) is 4.69. The fourth-order valence-corrected chi connectivity index (χ4v) is 3.85. The highest BCUT2D eigenvalue weighted by Gasteiger charge is 2.35. The number of hydrogen-bond donors (Lipinski definition) is 1. The van der Waals surface area contributed by atoms with E-state index in [2.05, 4.69) is 9.62 Å². The first-order valence-corrected chi connectivity index (χ1v) is 8.09. The monoisotopic (exact) mass is 266 g/mol. The average molecular weight is 267 g/mol. The van der Waals surface area contributed by atoms with Crippen LogP contribution < -0.4 is 4.72 Å². The summed E-state index contributed by atoms with van der Waals surface area (Å²) in [5.41, 5.74) is 0. The van der Waals surface area contributed by atoms with Crippen LogP contribution in [0.1, 0.15) is 25.7 Å². The minimum absolute atomic E-state index is 0.112. The van der Waals surface area contributed by atoms with Crippen LogP contribution in [0.25, 0.3) is 0 Å². The SMILES string of the molecule is O=S(=O)(CCCCl)NC1CCN(C2CC2)C1. The molecule has 0 aromatic rings. The van der Waals surface area contributed by atoms with Crippen LogP contribution in [0.3, 0.4) is 0 Å². The van der Waals surface area contributed by atoms with Gasteiger partial charge < -0.3 is 0 Å². The van der Waals surface area contributed by atoms with Crippen molar-refractivity contribution in [1.82, 2.24) is 9.62 Å². The third kappa shape index (κ3) is 3.58. The Balaban J connectivity index is 1.77. The smallest absolute Gasteiger partial charge is 0.211 e. The van der Waals surface area contributed by atoms with Crippen LogP contribution in [0, 0.1) is 0 Å². The van der Waals surface area contributed by atoms with Gasteiger partial charge in [0, 0.05) is 31.1 Å². The number of halogens is 1. The van der Waals surface area contributed by atoms with Crippen molar-refractivity contribution in [2.24, 2.45) is 0 Å². The summed E-state index contributed by atoms with van der Waals surface area (Å²) in [6.07, 6.45) is 4.03. The molecule has 2 rings (SSSR count). The lowest BCUT2D eigenvalue weighted by Crippen LogP contribution is -2.38. The molecular weight excluding hydrogens is 248 g/mol. The molecule has 1 saturated heterocycles. The van der Waals surface area contributed by atoms with Crippen LogP contribution in [0.4, 0.5) is 0 Å². The quantitative estimate of drug-likeness (QED) is 0.723. The van der Waals surface area contributed by atoms with Gasteiger partial charge in [-0.15, -0.1) is 11.6 Å². The van der Waals surface area contributed by atoms with Crippen molar-refractivity contribution in [2.45, 2.75) is 37.8 Å². The summed E-state index contributed by atoms with van der Waals surface area (Å²) in [6.45, 7) is 1.91. The van der Waals surface area contributed by atoms with E-state index < -0.39 is 10.0 Å². The Morgan fingerprint density at radius 1 is 1.31 bits per heavy atom. The second kappa shape index (κ2) is 5.21. The number of rotatable bonds is 6. The fourth-order valence-electron chi connectivity index (χ4n) is 2.21. The van der Waals surface area contributed by atoms with Crippen molar-refractivity contribution in [3.8, 4) is 0 Å². The minimum atomic E-state index is -3.12. The summed E-state index contributed by atoms with van der Waals surface area (Å²) >= 11 is 5.50. The molecule has 0 spiro atoms. The van der Waals surface area contributed by atoms with Crippen molar-refractivity contribution in [3.05, 3.63) is 0 Å². The zero-order valence-corrected chi connectivity index (χ0v) is 10.9. The third-order valence-corrected chi connectivity index (χ3v) is 4.96. The number of hydrogen-bond acceptors (Lipinski definition) is 3. The lowest BCUT2D eigenvalue weighted by atomic mass is 10.3. The molecule has 1 N–H and O–H groups in total. The maximum atomic E-state index is 11.6. The van der Waals surface area contributed by atoms with Crippen molar-refractivity contribution in [1.29, 1.82) is 0 Å². The molecule has 6 heteroatoms. The van der Waals surface area contributed by atoms with E-state index in [1.165, 1.54) is 12.8 Å². The molecule has 1 aliphatic heterocycles. The number of sulfonamides is 1. The van der Waals surface area contributed by atoms with E-state index >= 15 is 0 Å².